The van der Waals surface area contributed by atoms with E-state index in [1.165, 1.54) is 0 Å². The number of carboxylic acid groups (broad SMARTS) is 1. The Bertz CT molecular complexity index is 1070. The zero-order valence-corrected chi connectivity index (χ0v) is 13.9. The summed E-state index contributed by atoms with van der Waals surface area (Å²) in [6, 6.07) is 3.89. The van der Waals surface area contributed by atoms with E-state index in [-0.39, 0.29) is 18.4 Å². The van der Waals surface area contributed by atoms with E-state index in [0.717, 1.165) is 11.8 Å². The summed E-state index contributed by atoms with van der Waals surface area (Å²) in [6.07, 6.45) is 0.835. The zero-order valence-electron chi connectivity index (χ0n) is 13.9. The van der Waals surface area contributed by atoms with Crippen LogP contribution in [0, 0.1) is 17.5 Å². The van der Waals surface area contributed by atoms with Gasteiger partial charge >= 0.3 is 6.09 Å². The Balaban J connectivity index is 1.83. The molecule has 2 heterocycles. The molecule has 1 aliphatic carbocycles. The van der Waals surface area contributed by atoms with Crippen LogP contribution in [0.1, 0.15) is 22.9 Å². The summed E-state index contributed by atoms with van der Waals surface area (Å²) in [6.45, 7) is 0. The van der Waals surface area contributed by atoms with Gasteiger partial charge in [-0.1, -0.05) is 0 Å². The third-order valence-electron chi connectivity index (χ3n) is 4.89. The lowest BCUT2D eigenvalue weighted by molar-refractivity contribution is 0.186. The summed E-state index contributed by atoms with van der Waals surface area (Å²) in [4.78, 5) is 15.7. The summed E-state index contributed by atoms with van der Waals surface area (Å²) in [5.41, 5.74) is 8.19. The first-order chi connectivity index (χ1) is 12.8. The van der Waals surface area contributed by atoms with Gasteiger partial charge in [0.05, 0.1) is 5.69 Å². The molecule has 1 aromatic carbocycles. The number of fused-ring (bicyclic) bond motifs is 3. The SMILES string of the molecule is Nc1ccn2c3c(nc2c1)C[C@H](c1cc(F)c(F)cc1F)[C@H](NC(=O)O)C3. The minimum atomic E-state index is -1.29. The first kappa shape index (κ1) is 17.2. The normalized spacial score (nSPS) is 19.1. The van der Waals surface area contributed by atoms with Crippen LogP contribution in [0.3, 0.4) is 0 Å². The number of benzene rings is 1. The third-order valence-corrected chi connectivity index (χ3v) is 4.89. The van der Waals surface area contributed by atoms with E-state index in [9.17, 15) is 18.0 Å². The fraction of sp³-hybridized carbons (Fsp3) is 0.222. The van der Waals surface area contributed by atoms with Crippen molar-refractivity contribution in [1.82, 2.24) is 14.7 Å². The molecule has 3 aromatic rings. The van der Waals surface area contributed by atoms with Crippen molar-refractivity contribution in [3.8, 4) is 0 Å². The topological polar surface area (TPSA) is 92.7 Å². The van der Waals surface area contributed by atoms with Crippen LogP contribution in [0.5, 0.6) is 0 Å². The lowest BCUT2D eigenvalue weighted by Crippen LogP contribution is -2.43. The lowest BCUT2D eigenvalue weighted by atomic mass is 9.80. The predicted molar refractivity (Wildman–Crippen MR) is 91.0 cm³/mol. The molecule has 4 rings (SSSR count). The molecule has 0 aliphatic heterocycles. The molecule has 4 N–H and O–H groups in total. The molecule has 0 radical (unpaired) electrons. The molecule has 2 aromatic heterocycles. The second-order valence-corrected chi connectivity index (χ2v) is 6.55. The summed E-state index contributed by atoms with van der Waals surface area (Å²) in [5.74, 6) is -4.13. The number of nitrogens with zero attached hydrogens (tertiary/aromatic N) is 2. The number of hydrogen-bond donors (Lipinski definition) is 3. The Labute approximate surface area is 151 Å². The molecule has 1 aliphatic rings. The number of anilines is 1. The molecule has 0 spiro atoms. The maximum absolute atomic E-state index is 14.3. The molecule has 0 bridgehead atoms. The second-order valence-electron chi connectivity index (χ2n) is 6.55. The lowest BCUT2D eigenvalue weighted by Gasteiger charge is -2.31. The molecule has 0 saturated heterocycles. The van der Waals surface area contributed by atoms with Gasteiger partial charge in [0.2, 0.25) is 0 Å². The van der Waals surface area contributed by atoms with E-state index in [1.54, 1.807) is 22.7 Å². The Morgan fingerprint density at radius 1 is 1.19 bits per heavy atom. The number of hydrogen-bond acceptors (Lipinski definition) is 3. The summed E-state index contributed by atoms with van der Waals surface area (Å²) >= 11 is 0. The van der Waals surface area contributed by atoms with E-state index in [2.05, 4.69) is 10.3 Å². The molecule has 140 valence electrons. The Hall–Kier alpha value is -3.23. The van der Waals surface area contributed by atoms with Gasteiger partial charge in [0.1, 0.15) is 11.5 Å². The Morgan fingerprint density at radius 2 is 1.93 bits per heavy atom. The summed E-state index contributed by atoms with van der Waals surface area (Å²) in [7, 11) is 0. The fourth-order valence-corrected chi connectivity index (χ4v) is 3.70. The van der Waals surface area contributed by atoms with Crippen LogP contribution < -0.4 is 11.1 Å². The quantitative estimate of drug-likeness (QED) is 0.600. The number of carbonyl (C=O) groups is 1. The molecule has 1 amide bonds. The highest BCUT2D eigenvalue weighted by Gasteiger charge is 2.35. The van der Waals surface area contributed by atoms with Crippen molar-refractivity contribution in [1.29, 1.82) is 0 Å². The van der Waals surface area contributed by atoms with Crippen molar-refractivity contribution in [2.45, 2.75) is 24.8 Å². The average Bonchev–Trinajstić information content (AvgIpc) is 2.93. The first-order valence-corrected chi connectivity index (χ1v) is 8.22. The summed E-state index contributed by atoms with van der Waals surface area (Å²) in [5, 5.41) is 11.5. The molecule has 9 heteroatoms. The van der Waals surface area contributed by atoms with Crippen LogP contribution in [-0.4, -0.2) is 26.6 Å². The number of pyridine rings is 1. The molecule has 2 atom stereocenters. The summed E-state index contributed by atoms with van der Waals surface area (Å²) < 4.78 is 43.1. The highest BCUT2D eigenvalue weighted by atomic mass is 19.2. The van der Waals surface area contributed by atoms with Crippen molar-refractivity contribution in [3.63, 3.8) is 0 Å². The number of imidazole rings is 1. The maximum Gasteiger partial charge on any atom is 0.404 e. The van der Waals surface area contributed by atoms with Crippen molar-refractivity contribution in [2.75, 3.05) is 5.73 Å². The highest BCUT2D eigenvalue weighted by Crippen LogP contribution is 2.35. The second kappa shape index (κ2) is 6.19. The molecule has 0 saturated carbocycles. The van der Waals surface area contributed by atoms with Gasteiger partial charge in [0.15, 0.2) is 11.6 Å². The van der Waals surface area contributed by atoms with E-state index >= 15 is 0 Å². The van der Waals surface area contributed by atoms with Gasteiger partial charge in [0.25, 0.3) is 0 Å². The molecular weight excluding hydrogens is 361 g/mol. The van der Waals surface area contributed by atoms with Crippen LogP contribution in [0.15, 0.2) is 30.5 Å². The van der Waals surface area contributed by atoms with Gasteiger partial charge in [-0.3, -0.25) is 0 Å². The van der Waals surface area contributed by atoms with Gasteiger partial charge in [-0.05, 0) is 17.7 Å². The number of nitrogens with one attached hydrogen (secondary N) is 1. The Morgan fingerprint density at radius 3 is 2.67 bits per heavy atom. The fourth-order valence-electron chi connectivity index (χ4n) is 3.70. The number of nitrogen functional groups attached to an aromatic ring is 1. The van der Waals surface area contributed by atoms with E-state index in [0.29, 0.717) is 23.1 Å². The van der Waals surface area contributed by atoms with Crippen molar-refractivity contribution in [2.24, 2.45) is 0 Å². The third kappa shape index (κ3) is 2.94. The number of aromatic nitrogens is 2. The minimum Gasteiger partial charge on any atom is -0.465 e. The minimum absolute atomic E-state index is 0.0881. The van der Waals surface area contributed by atoms with Gasteiger partial charge < -0.3 is 20.6 Å². The molecule has 6 nitrogen and oxygen atoms in total. The van der Waals surface area contributed by atoms with Gasteiger partial charge in [-0.25, -0.2) is 22.9 Å². The number of rotatable bonds is 2. The van der Waals surface area contributed by atoms with E-state index in [4.69, 9.17) is 10.8 Å². The largest absolute Gasteiger partial charge is 0.465 e. The van der Waals surface area contributed by atoms with Crippen molar-refractivity contribution < 1.29 is 23.1 Å². The maximum atomic E-state index is 14.3. The van der Waals surface area contributed by atoms with Crippen molar-refractivity contribution >= 4 is 17.4 Å². The number of nitrogens with two attached hydrogens (primary N) is 1. The van der Waals surface area contributed by atoms with Gasteiger partial charge in [0, 0.05) is 54.5 Å². The molecule has 0 unspecified atom stereocenters. The monoisotopic (exact) mass is 376 g/mol. The number of halogens is 3. The smallest absolute Gasteiger partial charge is 0.404 e. The highest BCUT2D eigenvalue weighted by molar-refractivity contribution is 5.65. The van der Waals surface area contributed by atoms with E-state index in [1.807, 2.05) is 0 Å². The molecular formula is C18H15F3N4O2. The van der Waals surface area contributed by atoms with Crippen LogP contribution in [0.2, 0.25) is 0 Å². The van der Waals surface area contributed by atoms with Crippen LogP contribution >= 0.6 is 0 Å². The van der Waals surface area contributed by atoms with Crippen LogP contribution in [0.4, 0.5) is 23.7 Å². The van der Waals surface area contributed by atoms with Crippen LogP contribution in [-0.2, 0) is 12.8 Å². The van der Waals surface area contributed by atoms with Crippen molar-refractivity contribution in [3.05, 3.63) is 64.9 Å². The number of amides is 1. The Kier molecular flexibility index (Phi) is 3.94. The van der Waals surface area contributed by atoms with Crippen LogP contribution in [0.25, 0.3) is 5.65 Å². The predicted octanol–water partition coefficient (Wildman–Crippen LogP) is 2.85. The zero-order chi connectivity index (χ0) is 19.3. The first-order valence-electron chi connectivity index (χ1n) is 8.22. The van der Waals surface area contributed by atoms with Gasteiger partial charge in [-0.15, -0.1) is 0 Å². The molecule has 0 fully saturated rings. The van der Waals surface area contributed by atoms with E-state index < -0.39 is 35.5 Å². The molecule has 27 heavy (non-hydrogen) atoms. The average molecular weight is 376 g/mol. The van der Waals surface area contributed by atoms with Gasteiger partial charge in [-0.2, -0.15) is 0 Å². The standard InChI is InChI=1S/C18H15F3N4O2/c19-11-6-13(21)12(20)4-9(11)10-5-15-16(7-14(10)24-18(26)27)25-2-1-8(22)3-17(25)23-15/h1-4,6,10,14,24H,5,7,22H2,(H,26,27)/t10-,14-/m1/s1.